The van der Waals surface area contributed by atoms with E-state index >= 15 is 0 Å². The van der Waals surface area contributed by atoms with E-state index in [4.69, 9.17) is 16.6 Å². The van der Waals surface area contributed by atoms with E-state index in [2.05, 4.69) is 9.97 Å². The number of aromatic nitrogens is 3. The standard InChI is InChI=1S/C31H21ClN4O4S/c32-26-17-21(14-20-10-7-13-33-29(20)26)25-16-22-15-23(18-27(37)36-41(39,40)24-11-5-2-6-12-24)31(38)35-30(22)34-28(25)19-8-3-1-4-9-19/h1-17H,18H2,(H,36,37)(H,34,35,38). The molecule has 0 saturated carbocycles. The van der Waals surface area contributed by atoms with Crippen LogP contribution in [0.2, 0.25) is 5.02 Å². The first kappa shape index (κ1) is 26.4. The van der Waals surface area contributed by atoms with Gasteiger partial charge in [-0.3, -0.25) is 14.6 Å². The normalized spacial score (nSPS) is 11.5. The molecule has 0 radical (unpaired) electrons. The summed E-state index contributed by atoms with van der Waals surface area (Å²) in [4.78, 5) is 37.5. The molecule has 0 aliphatic carbocycles. The summed E-state index contributed by atoms with van der Waals surface area (Å²) in [6.07, 6.45) is 1.24. The molecule has 0 atom stereocenters. The molecule has 2 N–H and O–H groups in total. The molecule has 0 saturated heterocycles. The van der Waals surface area contributed by atoms with Crippen molar-refractivity contribution < 1.29 is 13.2 Å². The number of rotatable bonds is 6. The van der Waals surface area contributed by atoms with Gasteiger partial charge in [0.05, 0.1) is 27.5 Å². The molecule has 1 amide bonds. The van der Waals surface area contributed by atoms with Crippen LogP contribution >= 0.6 is 11.6 Å². The molecule has 0 unspecified atom stereocenters. The molecule has 0 fully saturated rings. The highest BCUT2D eigenvalue weighted by molar-refractivity contribution is 7.90. The van der Waals surface area contributed by atoms with E-state index in [1.165, 1.54) is 12.1 Å². The van der Waals surface area contributed by atoms with Crippen LogP contribution in [0.1, 0.15) is 5.56 Å². The van der Waals surface area contributed by atoms with Crippen molar-refractivity contribution in [1.82, 2.24) is 19.7 Å². The zero-order chi connectivity index (χ0) is 28.6. The lowest BCUT2D eigenvalue weighted by Crippen LogP contribution is -2.33. The minimum atomic E-state index is -4.08. The van der Waals surface area contributed by atoms with Crippen molar-refractivity contribution in [3.8, 4) is 22.4 Å². The average Bonchev–Trinajstić information content (AvgIpc) is 2.97. The zero-order valence-electron chi connectivity index (χ0n) is 21.3. The first-order valence-electron chi connectivity index (χ1n) is 12.6. The van der Waals surface area contributed by atoms with Crippen LogP contribution in [-0.2, 0) is 21.2 Å². The highest BCUT2D eigenvalue weighted by Crippen LogP contribution is 2.36. The van der Waals surface area contributed by atoms with E-state index in [0.717, 1.165) is 22.1 Å². The molecule has 8 nitrogen and oxygen atoms in total. The van der Waals surface area contributed by atoms with Crippen LogP contribution in [0.3, 0.4) is 0 Å². The van der Waals surface area contributed by atoms with Gasteiger partial charge in [-0.05, 0) is 48.0 Å². The molecule has 3 heterocycles. The van der Waals surface area contributed by atoms with Crippen LogP contribution in [0, 0.1) is 0 Å². The van der Waals surface area contributed by atoms with E-state index in [1.807, 2.05) is 65.4 Å². The van der Waals surface area contributed by atoms with E-state index in [9.17, 15) is 18.0 Å². The van der Waals surface area contributed by atoms with Gasteiger partial charge in [-0.25, -0.2) is 18.1 Å². The molecule has 3 aromatic carbocycles. The quantitative estimate of drug-likeness (QED) is 0.268. The average molecular weight is 581 g/mol. The van der Waals surface area contributed by atoms with Crippen LogP contribution in [-0.4, -0.2) is 29.3 Å². The Hall–Kier alpha value is -4.86. The number of benzene rings is 3. The van der Waals surface area contributed by atoms with Gasteiger partial charge in [-0.2, -0.15) is 0 Å². The van der Waals surface area contributed by atoms with Crippen molar-refractivity contribution in [2.24, 2.45) is 0 Å². The monoisotopic (exact) mass is 580 g/mol. The molecule has 10 heteroatoms. The topological polar surface area (TPSA) is 122 Å². The van der Waals surface area contributed by atoms with Crippen molar-refractivity contribution >= 4 is 49.5 Å². The second kappa shape index (κ2) is 10.6. The third kappa shape index (κ3) is 5.32. The zero-order valence-corrected chi connectivity index (χ0v) is 22.9. The second-order valence-electron chi connectivity index (χ2n) is 9.36. The van der Waals surface area contributed by atoms with Crippen LogP contribution in [0.15, 0.2) is 113 Å². The lowest BCUT2D eigenvalue weighted by molar-refractivity contribution is -0.118. The van der Waals surface area contributed by atoms with Gasteiger partial charge in [0.1, 0.15) is 5.65 Å². The molecule has 41 heavy (non-hydrogen) atoms. The molecule has 0 spiro atoms. The van der Waals surface area contributed by atoms with Crippen molar-refractivity contribution in [2.75, 3.05) is 0 Å². The van der Waals surface area contributed by atoms with Gasteiger partial charge in [-0.1, -0.05) is 66.2 Å². The number of nitrogens with zero attached hydrogens (tertiary/aromatic N) is 2. The number of pyridine rings is 3. The van der Waals surface area contributed by atoms with Crippen LogP contribution in [0.4, 0.5) is 0 Å². The maximum absolute atomic E-state index is 12.9. The molecular weight excluding hydrogens is 560 g/mol. The summed E-state index contributed by atoms with van der Waals surface area (Å²) in [5, 5.41) is 1.90. The lowest BCUT2D eigenvalue weighted by atomic mass is 9.96. The summed E-state index contributed by atoms with van der Waals surface area (Å²) >= 11 is 6.61. The Morgan fingerprint density at radius 3 is 2.34 bits per heavy atom. The van der Waals surface area contributed by atoms with E-state index < -0.39 is 27.9 Å². The fourth-order valence-corrected chi connectivity index (χ4v) is 5.95. The molecule has 3 aromatic heterocycles. The first-order chi connectivity index (χ1) is 19.8. The summed E-state index contributed by atoms with van der Waals surface area (Å²) in [7, 11) is -4.08. The maximum Gasteiger partial charge on any atom is 0.264 e. The number of nitrogens with one attached hydrogen (secondary N) is 2. The van der Waals surface area contributed by atoms with Gasteiger partial charge in [0.25, 0.3) is 15.6 Å². The number of hydrogen-bond donors (Lipinski definition) is 2. The third-order valence-corrected chi connectivity index (χ3v) is 8.25. The van der Waals surface area contributed by atoms with Gasteiger partial charge in [0.2, 0.25) is 5.91 Å². The molecular formula is C31H21ClN4O4S. The Kier molecular flexibility index (Phi) is 6.82. The Morgan fingerprint density at radius 2 is 1.59 bits per heavy atom. The lowest BCUT2D eigenvalue weighted by Gasteiger charge is -2.13. The number of carbonyl (C=O) groups excluding carboxylic acids is 1. The van der Waals surface area contributed by atoms with Gasteiger partial charge in [0, 0.05) is 33.7 Å². The molecule has 0 bridgehead atoms. The molecule has 6 rings (SSSR count). The largest absolute Gasteiger partial charge is 0.306 e. The Morgan fingerprint density at radius 1 is 0.854 bits per heavy atom. The maximum atomic E-state index is 12.9. The number of carbonyl (C=O) groups is 1. The van der Waals surface area contributed by atoms with Crippen molar-refractivity contribution in [2.45, 2.75) is 11.3 Å². The number of sulfonamides is 1. The van der Waals surface area contributed by atoms with E-state index in [0.29, 0.717) is 27.3 Å². The van der Waals surface area contributed by atoms with Gasteiger partial charge in [-0.15, -0.1) is 0 Å². The van der Waals surface area contributed by atoms with Crippen LogP contribution in [0.25, 0.3) is 44.3 Å². The van der Waals surface area contributed by atoms with E-state index in [1.54, 1.807) is 30.5 Å². The second-order valence-corrected chi connectivity index (χ2v) is 11.5. The van der Waals surface area contributed by atoms with Crippen LogP contribution < -0.4 is 10.3 Å². The van der Waals surface area contributed by atoms with Gasteiger partial charge < -0.3 is 4.98 Å². The van der Waals surface area contributed by atoms with Gasteiger partial charge in [0.15, 0.2) is 0 Å². The summed E-state index contributed by atoms with van der Waals surface area (Å²) in [5.41, 5.74) is 3.58. The third-order valence-electron chi connectivity index (χ3n) is 6.57. The summed E-state index contributed by atoms with van der Waals surface area (Å²) < 4.78 is 27.2. The number of aromatic amines is 1. The Bertz CT molecular complexity index is 2120. The predicted octanol–water partition coefficient (Wildman–Crippen LogP) is 5.51. The SMILES string of the molecule is O=C(Cc1cc2cc(-c3cc(Cl)c4ncccc4c3)c(-c3ccccc3)nc2[nH]c1=O)NS(=O)(=O)c1ccccc1. The minimum absolute atomic E-state index is 0.0488. The molecule has 202 valence electrons. The highest BCUT2D eigenvalue weighted by atomic mass is 35.5. The minimum Gasteiger partial charge on any atom is -0.306 e. The van der Waals surface area contributed by atoms with Gasteiger partial charge >= 0.3 is 0 Å². The summed E-state index contributed by atoms with van der Waals surface area (Å²) in [6.45, 7) is 0. The Balaban J connectivity index is 1.44. The summed E-state index contributed by atoms with van der Waals surface area (Å²) in [6, 6.07) is 28.1. The van der Waals surface area contributed by atoms with E-state index in [-0.39, 0.29) is 10.5 Å². The van der Waals surface area contributed by atoms with Crippen molar-refractivity contribution in [3.05, 3.63) is 124 Å². The smallest absolute Gasteiger partial charge is 0.264 e. The number of H-pyrrole nitrogens is 1. The molecule has 0 aliphatic rings. The van der Waals surface area contributed by atoms with Crippen molar-refractivity contribution in [3.63, 3.8) is 0 Å². The fraction of sp³-hybridized carbons (Fsp3) is 0.0323. The number of hydrogen-bond acceptors (Lipinski definition) is 6. The Labute approximate surface area is 239 Å². The number of halogens is 1. The number of fused-ring (bicyclic) bond motifs is 2. The fourth-order valence-electron chi connectivity index (χ4n) is 4.67. The van der Waals surface area contributed by atoms with Crippen molar-refractivity contribution in [1.29, 1.82) is 0 Å². The number of amides is 1. The summed E-state index contributed by atoms with van der Waals surface area (Å²) in [5.74, 6) is -0.832. The molecule has 0 aliphatic heterocycles. The highest BCUT2D eigenvalue weighted by Gasteiger charge is 2.20. The first-order valence-corrected chi connectivity index (χ1v) is 14.4. The van der Waals surface area contributed by atoms with Crippen LogP contribution in [0.5, 0.6) is 0 Å². The molecule has 6 aromatic rings. The predicted molar refractivity (Wildman–Crippen MR) is 159 cm³/mol.